The molecule has 1 aromatic rings. The van der Waals surface area contributed by atoms with Gasteiger partial charge in [0.1, 0.15) is 0 Å². The quantitative estimate of drug-likeness (QED) is 0.548. The Morgan fingerprint density at radius 3 is 2.73 bits per heavy atom. The van der Waals surface area contributed by atoms with Crippen molar-refractivity contribution in [2.24, 2.45) is 16.1 Å². The molecule has 1 amide bonds. The van der Waals surface area contributed by atoms with Crippen LogP contribution in [-0.2, 0) is 0 Å². The lowest BCUT2D eigenvalue weighted by atomic mass is 10.4. The summed E-state index contributed by atoms with van der Waals surface area (Å²) in [4.78, 5) is 10.8. The first-order valence-electron chi connectivity index (χ1n) is 4.37. The minimum absolute atomic E-state index is 0.0177. The van der Waals surface area contributed by atoms with E-state index in [2.05, 4.69) is 25.7 Å². The van der Waals surface area contributed by atoms with Crippen molar-refractivity contribution in [2.45, 2.75) is 19.9 Å². The van der Waals surface area contributed by atoms with Crippen LogP contribution in [0.5, 0.6) is 0 Å². The van der Waals surface area contributed by atoms with E-state index < -0.39 is 5.91 Å². The van der Waals surface area contributed by atoms with Crippen LogP contribution in [0.2, 0.25) is 0 Å². The maximum Gasteiger partial charge on any atom is 0.273 e. The Morgan fingerprint density at radius 1 is 1.53 bits per heavy atom. The number of primary amides is 1. The fraction of sp³-hybridized carbons (Fsp3) is 0.571. The third-order valence-electron chi connectivity index (χ3n) is 1.79. The van der Waals surface area contributed by atoms with E-state index in [0.29, 0.717) is 0 Å². The van der Waals surface area contributed by atoms with Gasteiger partial charge in [0.25, 0.3) is 5.91 Å². The Labute approximate surface area is 86.5 Å². The lowest BCUT2D eigenvalue weighted by Crippen LogP contribution is -2.19. The summed E-state index contributed by atoms with van der Waals surface area (Å²) >= 11 is 0. The standard InChI is InChI=1S/C7H13N7O/c1-4(2)14(3)13-11-7-5(6(8)15)9-12-10-7/h4H,1-3H3,(H2,8,15)(H,9,10,12). The van der Waals surface area contributed by atoms with Gasteiger partial charge < -0.3 is 5.73 Å². The highest BCUT2D eigenvalue weighted by Gasteiger charge is 2.12. The Morgan fingerprint density at radius 2 is 2.20 bits per heavy atom. The van der Waals surface area contributed by atoms with E-state index in [4.69, 9.17) is 5.73 Å². The second-order valence-electron chi connectivity index (χ2n) is 3.22. The number of carbonyl (C=O) groups is 1. The molecule has 0 saturated carbocycles. The topological polar surface area (TPSA) is 113 Å². The van der Waals surface area contributed by atoms with E-state index in [0.717, 1.165) is 0 Å². The molecule has 0 bridgehead atoms. The highest BCUT2D eigenvalue weighted by molar-refractivity contribution is 5.94. The Balaban J connectivity index is 2.80. The number of amides is 1. The van der Waals surface area contributed by atoms with Crippen molar-refractivity contribution in [1.29, 1.82) is 0 Å². The lowest BCUT2D eigenvalue weighted by molar-refractivity contribution is 0.0996. The van der Waals surface area contributed by atoms with Crippen molar-refractivity contribution < 1.29 is 4.79 Å². The average molecular weight is 211 g/mol. The van der Waals surface area contributed by atoms with Crippen molar-refractivity contribution in [3.8, 4) is 0 Å². The van der Waals surface area contributed by atoms with Crippen molar-refractivity contribution in [2.75, 3.05) is 7.05 Å². The fourth-order valence-electron chi connectivity index (χ4n) is 0.677. The van der Waals surface area contributed by atoms with Gasteiger partial charge in [-0.3, -0.25) is 9.80 Å². The molecule has 1 heterocycles. The molecule has 0 saturated heterocycles. The molecule has 82 valence electrons. The first-order chi connectivity index (χ1) is 7.02. The summed E-state index contributed by atoms with van der Waals surface area (Å²) in [5.41, 5.74) is 5.03. The minimum Gasteiger partial charge on any atom is -0.364 e. The molecule has 0 aliphatic heterocycles. The molecule has 0 aliphatic carbocycles. The summed E-state index contributed by atoms with van der Waals surface area (Å²) < 4.78 is 0. The number of nitrogens with one attached hydrogen (secondary N) is 1. The van der Waals surface area contributed by atoms with Crippen molar-refractivity contribution in [1.82, 2.24) is 20.4 Å². The maximum absolute atomic E-state index is 10.8. The lowest BCUT2D eigenvalue weighted by Gasteiger charge is -2.14. The van der Waals surface area contributed by atoms with E-state index in [9.17, 15) is 4.79 Å². The highest BCUT2D eigenvalue weighted by atomic mass is 16.1. The number of hydrogen-bond acceptors (Lipinski definition) is 5. The first-order valence-corrected chi connectivity index (χ1v) is 4.37. The number of hydrogen-bond donors (Lipinski definition) is 2. The summed E-state index contributed by atoms with van der Waals surface area (Å²) in [6.45, 7) is 3.91. The summed E-state index contributed by atoms with van der Waals surface area (Å²) in [6, 6.07) is 0.206. The Kier molecular flexibility index (Phi) is 3.32. The van der Waals surface area contributed by atoms with E-state index in [-0.39, 0.29) is 17.6 Å². The van der Waals surface area contributed by atoms with Crippen molar-refractivity contribution in [3.63, 3.8) is 0 Å². The Hall–Kier alpha value is -1.99. The third-order valence-corrected chi connectivity index (χ3v) is 1.79. The molecule has 1 rings (SSSR count). The van der Waals surface area contributed by atoms with Crippen LogP contribution >= 0.6 is 0 Å². The Bertz CT molecular complexity index is 369. The molecule has 8 heteroatoms. The zero-order valence-electron chi connectivity index (χ0n) is 8.80. The molecule has 3 N–H and O–H groups in total. The van der Waals surface area contributed by atoms with Crippen LogP contribution in [-0.4, -0.2) is 39.4 Å². The van der Waals surface area contributed by atoms with E-state index in [1.54, 1.807) is 12.1 Å². The summed E-state index contributed by atoms with van der Waals surface area (Å²) in [5.74, 6) is -0.597. The van der Waals surface area contributed by atoms with Crippen molar-refractivity contribution in [3.05, 3.63) is 5.69 Å². The number of carbonyl (C=O) groups excluding carboxylic acids is 1. The molecule has 0 aliphatic rings. The van der Waals surface area contributed by atoms with Gasteiger partial charge in [-0.05, 0) is 13.8 Å². The maximum atomic E-state index is 10.8. The number of nitrogens with zero attached hydrogens (tertiary/aromatic N) is 5. The number of rotatable bonds is 4. The minimum atomic E-state index is -0.690. The van der Waals surface area contributed by atoms with E-state index in [1.807, 2.05) is 13.8 Å². The van der Waals surface area contributed by atoms with E-state index in [1.165, 1.54) is 0 Å². The fourth-order valence-corrected chi connectivity index (χ4v) is 0.677. The van der Waals surface area contributed by atoms with Crippen LogP contribution in [0, 0.1) is 0 Å². The van der Waals surface area contributed by atoms with Gasteiger partial charge in [-0.15, -0.1) is 15.3 Å². The summed E-state index contributed by atoms with van der Waals surface area (Å²) in [5, 5.41) is 18.7. The SMILES string of the molecule is CC(C)N(C)N=Nc1n[nH]nc1C(N)=O. The van der Waals surface area contributed by atoms with Gasteiger partial charge in [0.15, 0.2) is 5.69 Å². The van der Waals surface area contributed by atoms with E-state index >= 15 is 0 Å². The predicted molar refractivity (Wildman–Crippen MR) is 52.3 cm³/mol. The third kappa shape index (κ3) is 2.73. The van der Waals surface area contributed by atoms with Gasteiger partial charge in [-0.2, -0.15) is 5.21 Å². The summed E-state index contributed by atoms with van der Waals surface area (Å²) in [7, 11) is 1.76. The van der Waals surface area contributed by atoms with Gasteiger partial charge in [0, 0.05) is 13.1 Å². The molecule has 0 unspecified atom stereocenters. The number of H-pyrrole nitrogens is 1. The zero-order valence-corrected chi connectivity index (χ0v) is 8.80. The summed E-state index contributed by atoms with van der Waals surface area (Å²) in [6.07, 6.45) is 0. The molecule has 0 atom stereocenters. The molecule has 0 aromatic carbocycles. The van der Waals surface area contributed by atoms with Crippen LogP contribution in [0.1, 0.15) is 24.3 Å². The second-order valence-corrected chi connectivity index (χ2v) is 3.22. The second kappa shape index (κ2) is 4.49. The van der Waals surface area contributed by atoms with Crippen LogP contribution < -0.4 is 5.73 Å². The monoisotopic (exact) mass is 211 g/mol. The number of aromatic nitrogens is 3. The number of nitrogens with two attached hydrogens (primary N) is 1. The van der Waals surface area contributed by atoms with Crippen LogP contribution in [0.15, 0.2) is 10.3 Å². The van der Waals surface area contributed by atoms with Crippen molar-refractivity contribution >= 4 is 11.7 Å². The molecule has 0 spiro atoms. The largest absolute Gasteiger partial charge is 0.364 e. The van der Waals surface area contributed by atoms with Gasteiger partial charge in [-0.1, -0.05) is 5.22 Å². The normalized spacial score (nSPS) is 11.2. The zero-order chi connectivity index (χ0) is 11.4. The molecular formula is C7H13N7O. The average Bonchev–Trinajstić information content (AvgIpc) is 2.61. The number of aromatic amines is 1. The smallest absolute Gasteiger partial charge is 0.273 e. The van der Waals surface area contributed by atoms with Crippen LogP contribution in [0.4, 0.5) is 5.82 Å². The van der Waals surface area contributed by atoms with Gasteiger partial charge in [0.05, 0.1) is 0 Å². The highest BCUT2D eigenvalue weighted by Crippen LogP contribution is 2.12. The van der Waals surface area contributed by atoms with Crippen LogP contribution in [0.3, 0.4) is 0 Å². The predicted octanol–water partition coefficient (Wildman–Crippen LogP) is 0.243. The molecular weight excluding hydrogens is 198 g/mol. The van der Waals surface area contributed by atoms with Crippen LogP contribution in [0.25, 0.3) is 0 Å². The van der Waals surface area contributed by atoms with Gasteiger partial charge in [0.2, 0.25) is 5.82 Å². The molecule has 0 fully saturated rings. The first kappa shape index (κ1) is 11.1. The van der Waals surface area contributed by atoms with Gasteiger partial charge >= 0.3 is 0 Å². The molecule has 15 heavy (non-hydrogen) atoms. The molecule has 8 nitrogen and oxygen atoms in total. The molecule has 0 radical (unpaired) electrons. The van der Waals surface area contributed by atoms with Gasteiger partial charge in [-0.25, -0.2) is 0 Å². The molecule has 1 aromatic heterocycles.